The summed E-state index contributed by atoms with van der Waals surface area (Å²) < 4.78 is 18.9. The Labute approximate surface area is 129 Å². The van der Waals surface area contributed by atoms with Crippen molar-refractivity contribution in [2.24, 2.45) is 0 Å². The summed E-state index contributed by atoms with van der Waals surface area (Å²) in [4.78, 5) is 0. The number of ether oxygens (including phenoxy) is 1. The average Bonchev–Trinajstić information content (AvgIpc) is 2.48. The molecule has 0 bridgehead atoms. The van der Waals surface area contributed by atoms with Gasteiger partial charge in [-0.2, -0.15) is 0 Å². The monoisotopic (exact) mass is 307 g/mol. The molecule has 21 heavy (non-hydrogen) atoms. The van der Waals surface area contributed by atoms with Gasteiger partial charge in [0.05, 0.1) is 13.2 Å². The zero-order valence-corrected chi connectivity index (χ0v) is 13.0. The highest BCUT2D eigenvalue weighted by molar-refractivity contribution is 6.30. The van der Waals surface area contributed by atoms with Crippen LogP contribution in [0.1, 0.15) is 30.5 Å². The van der Waals surface area contributed by atoms with Crippen molar-refractivity contribution in [3.63, 3.8) is 0 Å². The molecule has 0 spiro atoms. The van der Waals surface area contributed by atoms with Crippen molar-refractivity contribution in [3.05, 3.63) is 64.4 Å². The van der Waals surface area contributed by atoms with Crippen LogP contribution in [0.5, 0.6) is 5.75 Å². The third kappa shape index (κ3) is 3.96. The van der Waals surface area contributed by atoms with Crippen molar-refractivity contribution in [2.75, 3.05) is 13.7 Å². The molecule has 0 aliphatic rings. The summed E-state index contributed by atoms with van der Waals surface area (Å²) >= 11 is 6.07. The molecule has 2 aromatic rings. The molecule has 0 radical (unpaired) electrons. The minimum absolute atomic E-state index is 0.0935. The fourth-order valence-corrected chi connectivity index (χ4v) is 2.46. The van der Waals surface area contributed by atoms with Crippen LogP contribution < -0.4 is 10.1 Å². The van der Waals surface area contributed by atoms with Crippen molar-refractivity contribution in [3.8, 4) is 5.75 Å². The summed E-state index contributed by atoms with van der Waals surface area (Å²) in [6.07, 6.45) is 0.996. The maximum atomic E-state index is 13.9. The lowest BCUT2D eigenvalue weighted by Crippen LogP contribution is -2.23. The van der Waals surface area contributed by atoms with E-state index in [1.807, 2.05) is 30.3 Å². The quantitative estimate of drug-likeness (QED) is 0.843. The molecule has 2 nitrogen and oxygen atoms in total. The molecule has 0 amide bonds. The van der Waals surface area contributed by atoms with E-state index in [0.717, 1.165) is 24.1 Å². The summed E-state index contributed by atoms with van der Waals surface area (Å²) in [5.41, 5.74) is 1.87. The zero-order valence-electron chi connectivity index (χ0n) is 12.2. The molecular formula is C17H19ClFNO. The molecule has 0 aliphatic heterocycles. The molecule has 2 rings (SSSR count). The van der Waals surface area contributed by atoms with Gasteiger partial charge in [-0.3, -0.25) is 0 Å². The Morgan fingerprint density at radius 3 is 2.57 bits per heavy atom. The number of rotatable bonds is 6. The highest BCUT2D eigenvalue weighted by atomic mass is 35.5. The fraction of sp³-hybridized carbons (Fsp3) is 0.294. The van der Waals surface area contributed by atoms with Crippen molar-refractivity contribution in [1.29, 1.82) is 0 Å². The predicted octanol–water partition coefficient (Wildman–Crippen LogP) is 4.58. The zero-order chi connectivity index (χ0) is 15.2. The number of nitrogens with one attached hydrogen (secondary N) is 1. The van der Waals surface area contributed by atoms with E-state index in [2.05, 4.69) is 12.2 Å². The van der Waals surface area contributed by atoms with Gasteiger partial charge in [0.25, 0.3) is 0 Å². The Bertz CT molecular complexity index is 603. The van der Waals surface area contributed by atoms with Crippen LogP contribution in [0.4, 0.5) is 4.39 Å². The first-order valence-corrected chi connectivity index (χ1v) is 7.35. The molecule has 4 heteroatoms. The molecule has 0 saturated heterocycles. The Morgan fingerprint density at radius 1 is 1.19 bits per heavy atom. The van der Waals surface area contributed by atoms with Gasteiger partial charge in [-0.25, -0.2) is 4.39 Å². The molecule has 1 N–H and O–H groups in total. The Kier molecular flexibility index (Phi) is 5.59. The van der Waals surface area contributed by atoms with Gasteiger partial charge in [0.1, 0.15) is 0 Å². The van der Waals surface area contributed by atoms with Crippen LogP contribution in [0.25, 0.3) is 0 Å². The Balaban J connectivity index is 2.37. The van der Waals surface area contributed by atoms with Crippen LogP contribution in [-0.2, 0) is 0 Å². The van der Waals surface area contributed by atoms with E-state index in [9.17, 15) is 4.39 Å². The molecule has 0 aromatic heterocycles. The number of methoxy groups -OCH3 is 1. The first-order valence-electron chi connectivity index (χ1n) is 6.98. The predicted molar refractivity (Wildman–Crippen MR) is 84.5 cm³/mol. The summed E-state index contributed by atoms with van der Waals surface area (Å²) in [6, 6.07) is 12.6. The first-order chi connectivity index (χ1) is 10.2. The van der Waals surface area contributed by atoms with Crippen molar-refractivity contribution >= 4 is 11.6 Å². The van der Waals surface area contributed by atoms with Crippen molar-refractivity contribution < 1.29 is 9.13 Å². The van der Waals surface area contributed by atoms with E-state index in [-0.39, 0.29) is 17.6 Å². The van der Waals surface area contributed by atoms with E-state index in [1.165, 1.54) is 13.2 Å². The SMILES string of the molecule is CCCNC(c1cccc(Cl)c1)c1ccc(OC)c(F)c1. The van der Waals surface area contributed by atoms with E-state index in [4.69, 9.17) is 16.3 Å². The lowest BCUT2D eigenvalue weighted by Gasteiger charge is -2.20. The molecule has 0 saturated carbocycles. The third-order valence-electron chi connectivity index (χ3n) is 3.29. The molecule has 1 atom stereocenters. The standard InChI is InChI=1S/C17H19ClFNO/c1-3-9-20-17(12-5-4-6-14(18)10-12)13-7-8-16(21-2)15(19)11-13/h4-8,10-11,17,20H,3,9H2,1-2H3. The molecule has 2 aromatic carbocycles. The lowest BCUT2D eigenvalue weighted by atomic mass is 9.98. The maximum absolute atomic E-state index is 13.9. The molecule has 0 aliphatic carbocycles. The van der Waals surface area contributed by atoms with Gasteiger partial charge in [-0.15, -0.1) is 0 Å². The summed E-state index contributed by atoms with van der Waals surface area (Å²) in [6.45, 7) is 2.93. The number of benzene rings is 2. The second-order valence-electron chi connectivity index (χ2n) is 4.84. The van der Waals surface area contributed by atoms with Crippen molar-refractivity contribution in [1.82, 2.24) is 5.32 Å². The van der Waals surface area contributed by atoms with Gasteiger partial charge in [-0.05, 0) is 48.4 Å². The van der Waals surface area contributed by atoms with Gasteiger partial charge in [0.2, 0.25) is 0 Å². The first kappa shape index (κ1) is 15.8. The largest absolute Gasteiger partial charge is 0.494 e. The number of halogens is 2. The number of hydrogen-bond acceptors (Lipinski definition) is 2. The van der Waals surface area contributed by atoms with Crippen LogP contribution in [0.3, 0.4) is 0 Å². The van der Waals surface area contributed by atoms with Gasteiger partial charge >= 0.3 is 0 Å². The lowest BCUT2D eigenvalue weighted by molar-refractivity contribution is 0.385. The summed E-state index contributed by atoms with van der Waals surface area (Å²) in [5, 5.41) is 4.10. The van der Waals surface area contributed by atoms with E-state index in [1.54, 1.807) is 6.07 Å². The minimum Gasteiger partial charge on any atom is -0.494 e. The average molecular weight is 308 g/mol. The second kappa shape index (κ2) is 7.43. The topological polar surface area (TPSA) is 21.3 Å². The second-order valence-corrected chi connectivity index (χ2v) is 5.27. The van der Waals surface area contributed by atoms with Crippen LogP contribution in [-0.4, -0.2) is 13.7 Å². The van der Waals surface area contributed by atoms with Crippen LogP contribution >= 0.6 is 11.6 Å². The maximum Gasteiger partial charge on any atom is 0.165 e. The van der Waals surface area contributed by atoms with E-state index < -0.39 is 0 Å². The van der Waals surface area contributed by atoms with Gasteiger partial charge in [0.15, 0.2) is 11.6 Å². The highest BCUT2D eigenvalue weighted by Crippen LogP contribution is 2.27. The smallest absolute Gasteiger partial charge is 0.165 e. The van der Waals surface area contributed by atoms with E-state index >= 15 is 0 Å². The molecule has 1 unspecified atom stereocenters. The molecular weight excluding hydrogens is 289 g/mol. The molecule has 0 fully saturated rings. The van der Waals surface area contributed by atoms with Crippen LogP contribution in [0.2, 0.25) is 5.02 Å². The molecule has 0 heterocycles. The van der Waals surface area contributed by atoms with Crippen molar-refractivity contribution in [2.45, 2.75) is 19.4 Å². The van der Waals surface area contributed by atoms with Gasteiger partial charge in [-0.1, -0.05) is 36.7 Å². The Morgan fingerprint density at radius 2 is 1.95 bits per heavy atom. The van der Waals surface area contributed by atoms with Crippen LogP contribution in [0, 0.1) is 5.82 Å². The highest BCUT2D eigenvalue weighted by Gasteiger charge is 2.15. The summed E-state index contributed by atoms with van der Waals surface area (Å²) in [7, 11) is 1.46. The Hall–Kier alpha value is -1.58. The normalized spacial score (nSPS) is 12.2. The van der Waals surface area contributed by atoms with Gasteiger partial charge in [0, 0.05) is 5.02 Å². The fourth-order valence-electron chi connectivity index (χ4n) is 2.27. The number of hydrogen-bond donors (Lipinski definition) is 1. The third-order valence-corrected chi connectivity index (χ3v) is 3.52. The minimum atomic E-state index is -0.361. The van der Waals surface area contributed by atoms with Gasteiger partial charge < -0.3 is 10.1 Å². The van der Waals surface area contributed by atoms with E-state index in [0.29, 0.717) is 5.02 Å². The molecule has 112 valence electrons. The summed E-state index contributed by atoms with van der Waals surface area (Å²) in [5.74, 6) is -0.112. The van der Waals surface area contributed by atoms with Crippen LogP contribution in [0.15, 0.2) is 42.5 Å².